The number of nitrogens with zero attached hydrogens (tertiary/aromatic N) is 2. The summed E-state index contributed by atoms with van der Waals surface area (Å²) >= 11 is 0. The number of hydrogen-bond acceptors (Lipinski definition) is 3. The maximum absolute atomic E-state index is 12.7. The standard InChI is InChI=1S/C12H14FN3O/c13-10-2-4-11(5-3-10)16-9-12(8-15-16)17-7-1-6-14/h2-5,8-9H,1,6-7,14H2. The number of ether oxygens (including phenoxy) is 1. The summed E-state index contributed by atoms with van der Waals surface area (Å²) < 4.78 is 19.8. The molecule has 0 unspecified atom stereocenters. The van der Waals surface area contributed by atoms with Gasteiger partial charge in [0, 0.05) is 0 Å². The summed E-state index contributed by atoms with van der Waals surface area (Å²) in [5.41, 5.74) is 6.16. The van der Waals surface area contributed by atoms with E-state index in [2.05, 4.69) is 5.10 Å². The van der Waals surface area contributed by atoms with Crippen LogP contribution < -0.4 is 10.5 Å². The molecule has 0 saturated heterocycles. The predicted molar refractivity (Wildman–Crippen MR) is 62.7 cm³/mol. The number of rotatable bonds is 5. The third kappa shape index (κ3) is 3.04. The lowest BCUT2D eigenvalue weighted by Crippen LogP contribution is -2.05. The Balaban J connectivity index is 2.04. The van der Waals surface area contributed by atoms with Crippen LogP contribution in [0.1, 0.15) is 6.42 Å². The van der Waals surface area contributed by atoms with Crippen LogP contribution >= 0.6 is 0 Å². The molecule has 1 aromatic heterocycles. The lowest BCUT2D eigenvalue weighted by molar-refractivity contribution is 0.313. The van der Waals surface area contributed by atoms with Gasteiger partial charge in [0.05, 0.1) is 24.7 Å². The Morgan fingerprint density at radius 2 is 2.06 bits per heavy atom. The first-order chi connectivity index (χ1) is 8.29. The lowest BCUT2D eigenvalue weighted by atomic mass is 10.3. The second kappa shape index (κ2) is 5.45. The number of nitrogens with two attached hydrogens (primary N) is 1. The molecule has 1 aromatic carbocycles. The fourth-order valence-electron chi connectivity index (χ4n) is 1.39. The van der Waals surface area contributed by atoms with Gasteiger partial charge in [-0.15, -0.1) is 0 Å². The van der Waals surface area contributed by atoms with Gasteiger partial charge in [-0.3, -0.25) is 0 Å². The van der Waals surface area contributed by atoms with E-state index in [0.717, 1.165) is 12.1 Å². The van der Waals surface area contributed by atoms with E-state index >= 15 is 0 Å². The molecular formula is C12H14FN3O. The van der Waals surface area contributed by atoms with Crippen LogP contribution in [0.2, 0.25) is 0 Å². The number of hydrogen-bond donors (Lipinski definition) is 1. The molecule has 0 aliphatic carbocycles. The average molecular weight is 235 g/mol. The van der Waals surface area contributed by atoms with Gasteiger partial charge in [-0.2, -0.15) is 5.10 Å². The van der Waals surface area contributed by atoms with E-state index < -0.39 is 0 Å². The van der Waals surface area contributed by atoms with Crippen molar-refractivity contribution in [3.63, 3.8) is 0 Å². The first kappa shape index (κ1) is 11.6. The molecule has 0 saturated carbocycles. The van der Waals surface area contributed by atoms with Crippen molar-refractivity contribution in [2.45, 2.75) is 6.42 Å². The molecule has 0 bridgehead atoms. The summed E-state index contributed by atoms with van der Waals surface area (Å²) in [7, 11) is 0. The highest BCUT2D eigenvalue weighted by Gasteiger charge is 2.01. The molecule has 0 fully saturated rings. The summed E-state index contributed by atoms with van der Waals surface area (Å²) in [6.45, 7) is 1.18. The van der Waals surface area contributed by atoms with Crippen molar-refractivity contribution in [1.82, 2.24) is 9.78 Å². The first-order valence-electron chi connectivity index (χ1n) is 5.43. The summed E-state index contributed by atoms with van der Waals surface area (Å²) in [6, 6.07) is 6.11. The molecule has 0 aliphatic heterocycles. The van der Waals surface area contributed by atoms with Crippen LogP contribution in [-0.2, 0) is 0 Å². The predicted octanol–water partition coefficient (Wildman–Crippen LogP) is 1.74. The van der Waals surface area contributed by atoms with Crippen LogP contribution in [0.5, 0.6) is 5.75 Å². The summed E-state index contributed by atoms with van der Waals surface area (Å²) in [5, 5.41) is 4.13. The highest BCUT2D eigenvalue weighted by Crippen LogP contribution is 2.14. The van der Waals surface area contributed by atoms with Crippen molar-refractivity contribution >= 4 is 0 Å². The molecule has 2 aromatic rings. The molecular weight excluding hydrogens is 221 g/mol. The Kier molecular flexibility index (Phi) is 3.72. The van der Waals surface area contributed by atoms with E-state index in [9.17, 15) is 4.39 Å². The number of benzene rings is 1. The Morgan fingerprint density at radius 3 is 2.76 bits per heavy atom. The van der Waals surface area contributed by atoms with E-state index in [1.165, 1.54) is 12.1 Å². The van der Waals surface area contributed by atoms with Crippen LogP contribution in [0.4, 0.5) is 4.39 Å². The van der Waals surface area contributed by atoms with Gasteiger partial charge < -0.3 is 10.5 Å². The van der Waals surface area contributed by atoms with Gasteiger partial charge in [-0.1, -0.05) is 0 Å². The van der Waals surface area contributed by atoms with Gasteiger partial charge in [0.2, 0.25) is 0 Å². The topological polar surface area (TPSA) is 53.1 Å². The highest BCUT2D eigenvalue weighted by atomic mass is 19.1. The van der Waals surface area contributed by atoms with E-state index in [1.54, 1.807) is 29.2 Å². The zero-order valence-electron chi connectivity index (χ0n) is 9.34. The van der Waals surface area contributed by atoms with Crippen LogP contribution in [-0.4, -0.2) is 22.9 Å². The van der Waals surface area contributed by atoms with E-state index in [0.29, 0.717) is 18.9 Å². The maximum atomic E-state index is 12.7. The van der Waals surface area contributed by atoms with Crippen molar-refractivity contribution in [2.24, 2.45) is 5.73 Å². The largest absolute Gasteiger partial charge is 0.490 e. The molecule has 2 N–H and O–H groups in total. The average Bonchev–Trinajstić information content (AvgIpc) is 2.79. The Bertz CT molecular complexity index is 467. The van der Waals surface area contributed by atoms with Crippen molar-refractivity contribution in [2.75, 3.05) is 13.2 Å². The van der Waals surface area contributed by atoms with Crippen LogP contribution in [0.25, 0.3) is 5.69 Å². The molecule has 1 heterocycles. The summed E-state index contributed by atoms with van der Waals surface area (Å²) in [4.78, 5) is 0. The summed E-state index contributed by atoms with van der Waals surface area (Å²) in [6.07, 6.45) is 4.19. The third-order valence-electron chi connectivity index (χ3n) is 2.27. The molecule has 5 heteroatoms. The van der Waals surface area contributed by atoms with E-state index in [1.807, 2.05) is 0 Å². The summed E-state index contributed by atoms with van der Waals surface area (Å²) in [5.74, 6) is 0.420. The highest BCUT2D eigenvalue weighted by molar-refractivity contribution is 5.32. The van der Waals surface area contributed by atoms with Crippen LogP contribution in [0, 0.1) is 5.82 Å². The fourth-order valence-corrected chi connectivity index (χ4v) is 1.39. The molecule has 4 nitrogen and oxygen atoms in total. The molecule has 0 spiro atoms. The first-order valence-corrected chi connectivity index (χ1v) is 5.43. The second-order valence-corrected chi connectivity index (χ2v) is 3.59. The normalized spacial score (nSPS) is 10.5. The maximum Gasteiger partial charge on any atom is 0.157 e. The monoisotopic (exact) mass is 235 g/mol. The number of aromatic nitrogens is 2. The molecule has 17 heavy (non-hydrogen) atoms. The zero-order valence-corrected chi connectivity index (χ0v) is 9.34. The number of halogens is 1. The third-order valence-corrected chi connectivity index (χ3v) is 2.27. The smallest absolute Gasteiger partial charge is 0.157 e. The van der Waals surface area contributed by atoms with Crippen LogP contribution in [0.15, 0.2) is 36.7 Å². The van der Waals surface area contributed by atoms with Crippen molar-refractivity contribution < 1.29 is 9.13 Å². The van der Waals surface area contributed by atoms with Gasteiger partial charge in [0.1, 0.15) is 5.82 Å². The Morgan fingerprint density at radius 1 is 1.29 bits per heavy atom. The van der Waals surface area contributed by atoms with E-state index in [4.69, 9.17) is 10.5 Å². The van der Waals surface area contributed by atoms with Gasteiger partial charge >= 0.3 is 0 Å². The molecule has 0 amide bonds. The minimum atomic E-state index is -0.264. The minimum absolute atomic E-state index is 0.264. The SMILES string of the molecule is NCCCOc1cnn(-c2ccc(F)cc2)c1. The van der Waals surface area contributed by atoms with Gasteiger partial charge in [0.25, 0.3) is 0 Å². The fraction of sp³-hybridized carbons (Fsp3) is 0.250. The lowest BCUT2D eigenvalue weighted by Gasteiger charge is -2.01. The molecule has 2 rings (SSSR count). The zero-order chi connectivity index (χ0) is 12.1. The van der Waals surface area contributed by atoms with Crippen LogP contribution in [0.3, 0.4) is 0 Å². The molecule has 0 aliphatic rings. The quantitative estimate of drug-likeness (QED) is 0.803. The molecule has 0 atom stereocenters. The van der Waals surface area contributed by atoms with Gasteiger partial charge in [0.15, 0.2) is 5.75 Å². The Hall–Kier alpha value is -1.88. The van der Waals surface area contributed by atoms with Crippen molar-refractivity contribution in [1.29, 1.82) is 0 Å². The minimum Gasteiger partial charge on any atom is -0.490 e. The van der Waals surface area contributed by atoms with E-state index in [-0.39, 0.29) is 5.82 Å². The second-order valence-electron chi connectivity index (χ2n) is 3.59. The van der Waals surface area contributed by atoms with Crippen molar-refractivity contribution in [3.8, 4) is 11.4 Å². The Labute approximate surface area is 98.8 Å². The molecule has 0 radical (unpaired) electrons. The van der Waals surface area contributed by atoms with Gasteiger partial charge in [-0.25, -0.2) is 9.07 Å². The molecule has 90 valence electrons. The van der Waals surface area contributed by atoms with Crippen molar-refractivity contribution in [3.05, 3.63) is 42.5 Å². The van der Waals surface area contributed by atoms with Gasteiger partial charge in [-0.05, 0) is 37.2 Å².